The minimum atomic E-state index is -5.78. The number of rotatable bonds is 2. The summed E-state index contributed by atoms with van der Waals surface area (Å²) in [5.74, 6) is -1.39. The van der Waals surface area contributed by atoms with Crippen LogP contribution in [0.15, 0.2) is 11.3 Å². The van der Waals surface area contributed by atoms with Crippen molar-refractivity contribution >= 4 is 10.1 Å². The van der Waals surface area contributed by atoms with Crippen molar-refractivity contribution in [2.45, 2.75) is 63.2 Å². The van der Waals surface area contributed by atoms with Crippen molar-refractivity contribution in [3.63, 3.8) is 0 Å². The highest BCUT2D eigenvalue weighted by atomic mass is 32.2. The van der Waals surface area contributed by atoms with Crippen LogP contribution in [-0.2, 0) is 23.8 Å². The first kappa shape index (κ1) is 20.0. The minimum Gasteiger partial charge on any atom is -0.381 e. The standard InChI is InChI=1S/C18H22F3NO5S/c1-15-7-8-16(11-22)6-4-13(27-28(23,24)18(19,20)21)14(16)12(15)3-2-5-17(15)25-9-10-26-17/h12H,2-10H2,1H3/t12-,15-,16-/m1/s1. The van der Waals surface area contributed by atoms with Gasteiger partial charge in [0.25, 0.3) is 0 Å². The summed E-state index contributed by atoms with van der Waals surface area (Å²) in [6, 6.07) is 2.27. The number of allylic oxidation sites excluding steroid dienone is 2. The van der Waals surface area contributed by atoms with E-state index in [1.807, 2.05) is 6.92 Å². The molecule has 0 radical (unpaired) electrons. The molecular weight excluding hydrogens is 399 g/mol. The summed E-state index contributed by atoms with van der Waals surface area (Å²) in [7, 11) is -5.78. The van der Waals surface area contributed by atoms with Gasteiger partial charge in [-0.15, -0.1) is 0 Å². The average molecular weight is 421 g/mol. The highest BCUT2D eigenvalue weighted by Gasteiger charge is 2.66. The molecule has 1 heterocycles. The third-order valence-corrected chi connectivity index (χ3v) is 8.10. The number of alkyl halides is 3. The fraction of sp³-hybridized carbons (Fsp3) is 0.833. The van der Waals surface area contributed by atoms with Gasteiger partial charge in [0.1, 0.15) is 5.76 Å². The van der Waals surface area contributed by atoms with Gasteiger partial charge in [0.2, 0.25) is 0 Å². The molecule has 1 aliphatic heterocycles. The van der Waals surface area contributed by atoms with E-state index in [0.717, 1.165) is 0 Å². The van der Waals surface area contributed by atoms with E-state index in [4.69, 9.17) is 9.47 Å². The second kappa shape index (κ2) is 6.09. The van der Waals surface area contributed by atoms with Crippen LogP contribution in [-0.4, -0.2) is 32.9 Å². The molecule has 2 saturated carbocycles. The zero-order chi connectivity index (χ0) is 20.4. The van der Waals surface area contributed by atoms with Crippen LogP contribution in [0.4, 0.5) is 13.2 Å². The molecule has 3 atom stereocenters. The molecule has 0 aromatic carbocycles. The number of nitriles is 1. The third kappa shape index (κ3) is 2.55. The molecule has 0 unspecified atom stereocenters. The van der Waals surface area contributed by atoms with Crippen LogP contribution < -0.4 is 0 Å². The number of halogens is 3. The van der Waals surface area contributed by atoms with Gasteiger partial charge in [-0.2, -0.15) is 26.9 Å². The molecule has 3 fully saturated rings. The molecule has 1 saturated heterocycles. The van der Waals surface area contributed by atoms with Gasteiger partial charge in [0.05, 0.1) is 24.7 Å². The zero-order valence-electron chi connectivity index (χ0n) is 15.5. The first-order valence-electron chi connectivity index (χ1n) is 9.44. The predicted octanol–water partition coefficient (Wildman–Crippen LogP) is 3.75. The lowest BCUT2D eigenvalue weighted by Crippen LogP contribution is -2.58. The van der Waals surface area contributed by atoms with Crippen LogP contribution in [0.5, 0.6) is 0 Å². The fourth-order valence-corrected chi connectivity index (χ4v) is 6.26. The molecule has 0 bridgehead atoms. The number of ether oxygens (including phenoxy) is 2. The Labute approximate surface area is 161 Å². The van der Waals surface area contributed by atoms with Gasteiger partial charge in [-0.05, 0) is 43.6 Å². The summed E-state index contributed by atoms with van der Waals surface area (Å²) in [5.41, 5.74) is -6.65. The Bertz CT molecular complexity index is 855. The quantitative estimate of drug-likeness (QED) is 0.499. The maximum Gasteiger partial charge on any atom is 0.534 e. The maximum absolute atomic E-state index is 12.9. The van der Waals surface area contributed by atoms with E-state index in [1.165, 1.54) is 0 Å². The Morgan fingerprint density at radius 3 is 2.46 bits per heavy atom. The van der Waals surface area contributed by atoms with Gasteiger partial charge in [0, 0.05) is 18.3 Å². The Balaban J connectivity index is 1.81. The molecule has 0 aromatic rings. The minimum absolute atomic E-state index is 0.000498. The molecule has 0 N–H and O–H groups in total. The van der Waals surface area contributed by atoms with Crippen molar-refractivity contribution in [3.8, 4) is 6.07 Å². The van der Waals surface area contributed by atoms with Gasteiger partial charge in [-0.3, -0.25) is 0 Å². The molecule has 10 heteroatoms. The molecule has 0 aromatic heterocycles. The van der Waals surface area contributed by atoms with Crippen LogP contribution in [0.2, 0.25) is 0 Å². The van der Waals surface area contributed by atoms with Gasteiger partial charge in [-0.1, -0.05) is 6.92 Å². The van der Waals surface area contributed by atoms with E-state index >= 15 is 0 Å². The highest BCUT2D eigenvalue weighted by Crippen LogP contribution is 2.67. The van der Waals surface area contributed by atoms with Crippen molar-refractivity contribution in [1.82, 2.24) is 0 Å². The second-order valence-electron chi connectivity index (χ2n) is 8.33. The maximum atomic E-state index is 12.9. The SMILES string of the molecule is C[C@@]12CC[C@@]3(C#N)CCC(OS(=O)(=O)C(F)(F)F)=C3[C@H]1CCCC21OCCO1. The molecule has 156 valence electrons. The Morgan fingerprint density at radius 1 is 1.18 bits per heavy atom. The van der Waals surface area contributed by atoms with Gasteiger partial charge in [0.15, 0.2) is 5.79 Å². The molecule has 4 aliphatic rings. The summed E-state index contributed by atoms with van der Waals surface area (Å²) in [6.07, 6.45) is 3.31. The van der Waals surface area contributed by atoms with Crippen molar-refractivity contribution in [1.29, 1.82) is 5.26 Å². The van der Waals surface area contributed by atoms with Crippen molar-refractivity contribution in [2.75, 3.05) is 13.2 Å². The van der Waals surface area contributed by atoms with Gasteiger partial charge < -0.3 is 13.7 Å². The summed E-state index contributed by atoms with van der Waals surface area (Å²) in [4.78, 5) is 0. The van der Waals surface area contributed by atoms with Crippen LogP contribution >= 0.6 is 0 Å². The molecule has 6 nitrogen and oxygen atoms in total. The van der Waals surface area contributed by atoms with E-state index in [9.17, 15) is 26.9 Å². The molecule has 4 rings (SSSR count). The molecule has 3 aliphatic carbocycles. The number of nitrogens with zero attached hydrogens (tertiary/aromatic N) is 1. The van der Waals surface area contributed by atoms with Crippen molar-refractivity contribution < 1.29 is 35.2 Å². The smallest absolute Gasteiger partial charge is 0.381 e. The Morgan fingerprint density at radius 2 is 1.86 bits per heavy atom. The van der Waals surface area contributed by atoms with Crippen LogP contribution in [0, 0.1) is 28.1 Å². The third-order valence-electron chi connectivity index (χ3n) is 7.11. The number of hydrogen-bond acceptors (Lipinski definition) is 6. The van der Waals surface area contributed by atoms with Crippen LogP contribution in [0.1, 0.15) is 51.9 Å². The largest absolute Gasteiger partial charge is 0.534 e. The monoisotopic (exact) mass is 421 g/mol. The van der Waals surface area contributed by atoms with E-state index in [2.05, 4.69) is 10.3 Å². The van der Waals surface area contributed by atoms with Crippen molar-refractivity contribution in [3.05, 3.63) is 11.3 Å². The van der Waals surface area contributed by atoms with E-state index in [-0.39, 0.29) is 24.5 Å². The number of fused-ring (bicyclic) bond motifs is 4. The summed E-state index contributed by atoms with van der Waals surface area (Å²) >= 11 is 0. The summed E-state index contributed by atoms with van der Waals surface area (Å²) < 4.78 is 78.6. The lowest BCUT2D eigenvalue weighted by atomic mass is 9.50. The predicted molar refractivity (Wildman–Crippen MR) is 89.7 cm³/mol. The highest BCUT2D eigenvalue weighted by molar-refractivity contribution is 7.87. The molecule has 0 amide bonds. The van der Waals surface area contributed by atoms with Gasteiger partial charge in [-0.25, -0.2) is 0 Å². The molecule has 28 heavy (non-hydrogen) atoms. The van der Waals surface area contributed by atoms with E-state index < -0.39 is 32.2 Å². The molecular formula is C18H22F3NO5S. The topological polar surface area (TPSA) is 85.6 Å². The normalized spacial score (nSPS) is 37.5. The fourth-order valence-electron chi connectivity index (χ4n) is 5.73. The van der Waals surface area contributed by atoms with E-state index in [0.29, 0.717) is 50.9 Å². The lowest BCUT2D eigenvalue weighted by molar-refractivity contribution is -0.272. The summed E-state index contributed by atoms with van der Waals surface area (Å²) in [5, 5.41) is 9.89. The Hall–Kier alpha value is -1.31. The zero-order valence-corrected chi connectivity index (χ0v) is 16.3. The lowest BCUT2D eigenvalue weighted by Gasteiger charge is -2.57. The summed E-state index contributed by atoms with van der Waals surface area (Å²) in [6.45, 7) is 2.86. The van der Waals surface area contributed by atoms with Crippen LogP contribution in [0.25, 0.3) is 0 Å². The number of hydrogen-bond donors (Lipinski definition) is 0. The first-order valence-corrected chi connectivity index (χ1v) is 10.8. The van der Waals surface area contributed by atoms with Gasteiger partial charge >= 0.3 is 15.6 Å². The molecule has 1 spiro atoms. The van der Waals surface area contributed by atoms with E-state index in [1.54, 1.807) is 0 Å². The second-order valence-corrected chi connectivity index (χ2v) is 9.86. The van der Waals surface area contributed by atoms with Crippen LogP contribution in [0.3, 0.4) is 0 Å². The van der Waals surface area contributed by atoms with Crippen molar-refractivity contribution in [2.24, 2.45) is 16.7 Å². The Kier molecular flexibility index (Phi) is 4.35. The average Bonchev–Trinajstić information content (AvgIpc) is 3.22. The first-order chi connectivity index (χ1) is 13.0.